The van der Waals surface area contributed by atoms with Crippen LogP contribution in [0.2, 0.25) is 0 Å². The van der Waals surface area contributed by atoms with Gasteiger partial charge in [0.25, 0.3) is 0 Å². The molecule has 13 aromatic rings. The molecule has 0 atom stereocenters. The molecule has 0 unspecified atom stereocenters. The van der Waals surface area contributed by atoms with E-state index in [0.29, 0.717) is 33.4 Å². The predicted molar refractivity (Wildman–Crippen MR) is 289 cm³/mol. The molecule has 0 N–H and O–H groups in total. The van der Waals surface area contributed by atoms with Gasteiger partial charge in [-0.3, -0.25) is 9.97 Å². The van der Waals surface area contributed by atoms with E-state index >= 15 is 0 Å². The maximum absolute atomic E-state index is 14.2. The molecular weight excluding hydrogens is 877 g/mol. The Bertz CT molecular complexity index is 4310. The van der Waals surface area contributed by atoms with Crippen LogP contribution in [0.15, 0.2) is 243 Å². The summed E-state index contributed by atoms with van der Waals surface area (Å²) < 4.78 is 12.4. The third kappa shape index (κ3) is 7.33. The van der Waals surface area contributed by atoms with Gasteiger partial charge in [-0.05, 0) is 101 Å². The quantitative estimate of drug-likeness (QED) is 0.139. The fourth-order valence-electron chi connectivity index (χ4n) is 10.1. The van der Waals surface area contributed by atoms with E-state index in [1.54, 1.807) is 0 Å². The number of fused-ring (bicyclic) bond motifs is 6. The molecule has 9 aromatic carbocycles. The van der Waals surface area contributed by atoms with Crippen molar-refractivity contribution in [3.8, 4) is 22.3 Å². The van der Waals surface area contributed by atoms with Crippen LogP contribution in [0.3, 0.4) is 0 Å². The topological polar surface area (TPSA) is 92.7 Å². The Morgan fingerprint density at radius 3 is 1.51 bits per heavy atom. The molecule has 0 saturated carbocycles. The Balaban J connectivity index is 0.881. The summed E-state index contributed by atoms with van der Waals surface area (Å²) in [6, 6.07) is 68.8. The van der Waals surface area contributed by atoms with Gasteiger partial charge in [-0.1, -0.05) is 127 Å². The van der Waals surface area contributed by atoms with E-state index in [1.165, 1.54) is 0 Å². The minimum absolute atomic E-state index is 0.380. The van der Waals surface area contributed by atoms with E-state index in [-0.39, 0.29) is 0 Å². The summed E-state index contributed by atoms with van der Waals surface area (Å²) in [6.45, 7) is 1.95. The third-order valence-corrected chi connectivity index (χ3v) is 13.4. The second kappa shape index (κ2) is 16.8. The first-order valence-corrected chi connectivity index (χ1v) is 23.4. The van der Waals surface area contributed by atoms with E-state index in [1.807, 2.05) is 153 Å². The molecule has 0 amide bonds. The lowest BCUT2D eigenvalue weighted by atomic mass is 9.97. The lowest BCUT2D eigenvalue weighted by Gasteiger charge is -2.27. The van der Waals surface area contributed by atoms with E-state index in [2.05, 4.69) is 93.6 Å². The van der Waals surface area contributed by atoms with Crippen LogP contribution in [-0.4, -0.2) is 9.97 Å². The van der Waals surface area contributed by atoms with E-state index in [4.69, 9.17) is 13.8 Å². The average Bonchev–Trinajstić information content (AvgIpc) is 3.40. The highest BCUT2D eigenvalue weighted by atomic mass is 16.4. The predicted octanol–water partition coefficient (Wildman–Crippen LogP) is 15.9. The molecular formula is C63H40N4O4. The minimum atomic E-state index is -0.495. The van der Waals surface area contributed by atoms with Crippen LogP contribution >= 0.6 is 0 Å². The Kier molecular flexibility index (Phi) is 9.85. The van der Waals surface area contributed by atoms with Gasteiger partial charge < -0.3 is 18.6 Å². The molecule has 0 aliphatic carbocycles. The van der Waals surface area contributed by atoms with Gasteiger partial charge in [0.1, 0.15) is 11.2 Å². The van der Waals surface area contributed by atoms with Crippen molar-refractivity contribution in [1.82, 2.24) is 9.97 Å². The first-order chi connectivity index (χ1) is 34.9. The second-order valence-electron chi connectivity index (χ2n) is 17.9. The molecule has 336 valence electrons. The summed E-state index contributed by atoms with van der Waals surface area (Å²) >= 11 is 0. The smallest absolute Gasteiger partial charge is 0.344 e. The largest absolute Gasteiger partial charge is 0.422 e. The molecule has 8 heteroatoms. The highest BCUT2D eigenvalue weighted by Crippen LogP contribution is 2.44. The van der Waals surface area contributed by atoms with Crippen molar-refractivity contribution in [2.45, 2.75) is 6.92 Å². The number of hydrogen-bond donors (Lipinski definition) is 0. The Labute approximate surface area is 406 Å². The number of benzene rings is 9. The number of nitrogens with zero attached hydrogens (tertiary/aromatic N) is 4. The molecule has 71 heavy (non-hydrogen) atoms. The van der Waals surface area contributed by atoms with Gasteiger partial charge >= 0.3 is 11.3 Å². The van der Waals surface area contributed by atoms with Crippen LogP contribution in [0, 0.1) is 6.92 Å². The number of pyridine rings is 2. The van der Waals surface area contributed by atoms with Crippen molar-refractivity contribution >= 4 is 99.3 Å². The van der Waals surface area contributed by atoms with Crippen LogP contribution in [-0.2, 0) is 0 Å². The molecule has 0 radical (unpaired) electrons. The molecule has 8 nitrogen and oxygen atoms in total. The first kappa shape index (κ1) is 41.5. The van der Waals surface area contributed by atoms with Gasteiger partial charge in [-0.15, -0.1) is 0 Å². The van der Waals surface area contributed by atoms with E-state index < -0.39 is 11.3 Å². The number of aryl methyl sites for hydroxylation is 1. The Hall–Kier alpha value is -9.66. The van der Waals surface area contributed by atoms with Crippen molar-refractivity contribution in [3.05, 3.63) is 251 Å². The zero-order valence-corrected chi connectivity index (χ0v) is 38.3. The zero-order chi connectivity index (χ0) is 47.6. The summed E-state index contributed by atoms with van der Waals surface area (Å²) in [4.78, 5) is 42.1. The zero-order valence-electron chi connectivity index (χ0n) is 38.3. The molecule has 4 heterocycles. The molecule has 0 saturated heterocycles. The van der Waals surface area contributed by atoms with Gasteiger partial charge in [0.15, 0.2) is 0 Å². The fourth-order valence-corrected chi connectivity index (χ4v) is 10.1. The summed E-state index contributed by atoms with van der Waals surface area (Å²) in [7, 11) is 0. The monoisotopic (exact) mass is 916 g/mol. The number of rotatable bonds is 8. The summed E-state index contributed by atoms with van der Waals surface area (Å²) in [5.41, 5.74) is 8.97. The van der Waals surface area contributed by atoms with Gasteiger partial charge in [-0.2, -0.15) is 0 Å². The third-order valence-electron chi connectivity index (χ3n) is 13.4. The number of aromatic nitrogens is 2. The van der Waals surface area contributed by atoms with Crippen LogP contribution < -0.4 is 21.1 Å². The van der Waals surface area contributed by atoms with Crippen LogP contribution in [0.4, 0.5) is 34.1 Å². The molecule has 0 fully saturated rings. The highest BCUT2D eigenvalue weighted by molar-refractivity contribution is 6.05. The molecule has 0 spiro atoms. The van der Waals surface area contributed by atoms with Gasteiger partial charge in [0.2, 0.25) is 0 Å². The van der Waals surface area contributed by atoms with Crippen molar-refractivity contribution in [2.75, 3.05) is 9.80 Å². The normalized spacial score (nSPS) is 11.6. The Morgan fingerprint density at radius 2 is 0.887 bits per heavy atom. The molecule has 0 bridgehead atoms. The van der Waals surface area contributed by atoms with Crippen molar-refractivity contribution in [3.63, 3.8) is 0 Å². The summed E-state index contributed by atoms with van der Waals surface area (Å²) in [5, 5.41) is 8.89. The van der Waals surface area contributed by atoms with Crippen molar-refractivity contribution in [1.29, 1.82) is 0 Å². The van der Waals surface area contributed by atoms with Gasteiger partial charge in [0, 0.05) is 67.4 Å². The van der Waals surface area contributed by atoms with Crippen molar-refractivity contribution < 1.29 is 8.83 Å². The molecule has 0 aliphatic heterocycles. The van der Waals surface area contributed by atoms with Crippen LogP contribution in [0.5, 0.6) is 0 Å². The second-order valence-corrected chi connectivity index (χ2v) is 17.9. The lowest BCUT2D eigenvalue weighted by molar-refractivity contribution is 0.563. The van der Waals surface area contributed by atoms with Gasteiger partial charge in [0.05, 0.1) is 51.8 Å². The van der Waals surface area contributed by atoms with E-state index in [0.717, 1.165) is 93.7 Å². The number of hydrogen-bond acceptors (Lipinski definition) is 8. The Morgan fingerprint density at radius 1 is 0.380 bits per heavy atom. The molecule has 0 aliphatic rings. The first-order valence-electron chi connectivity index (χ1n) is 23.4. The number of para-hydroxylation sites is 1. The van der Waals surface area contributed by atoms with Crippen LogP contribution in [0.1, 0.15) is 5.56 Å². The molecule has 13 rings (SSSR count). The SMILES string of the molecule is Cc1cc(-c2cc3ccc(N(c4cnc5ccccc5c4)c4cccc5ccccc45)cc3oc2=O)cc(-c2cc3ccc(N(c4cccc5ccccc45)c4cncc5ccccc45)cc3oc2=O)c1. The average molecular weight is 917 g/mol. The number of anilines is 6. The maximum Gasteiger partial charge on any atom is 0.344 e. The highest BCUT2D eigenvalue weighted by Gasteiger charge is 2.22. The van der Waals surface area contributed by atoms with Crippen LogP contribution in [0.25, 0.3) is 87.4 Å². The van der Waals surface area contributed by atoms with Gasteiger partial charge in [-0.25, -0.2) is 9.59 Å². The summed E-state index contributed by atoms with van der Waals surface area (Å²) in [6.07, 6.45) is 5.62. The minimum Gasteiger partial charge on any atom is -0.422 e. The fraction of sp³-hybridized carbons (Fsp3) is 0.0159. The molecule has 4 aromatic heterocycles. The summed E-state index contributed by atoms with van der Waals surface area (Å²) in [5.74, 6) is 0. The van der Waals surface area contributed by atoms with Crippen molar-refractivity contribution in [2.24, 2.45) is 0 Å². The maximum atomic E-state index is 14.2. The van der Waals surface area contributed by atoms with E-state index in [9.17, 15) is 9.59 Å². The standard InChI is InChI=1S/C63H40N4O4/c1-39-28-46(54-32-43-24-26-48(34-60(43)70-62(54)68)66(50-31-42-14-5-9-21-56(42)65-37-50)57-22-10-16-40-12-2-6-18-51(40)57)30-47(29-39)55-33-44-25-27-49(35-61(44)71-63(55)69)67(58-23-11-17-41-13-3-7-19-52(41)58)59-38-64-36-45-15-4-8-20-53(45)59/h2-38H,1H3. The lowest BCUT2D eigenvalue weighted by Crippen LogP contribution is -2.12.